The summed E-state index contributed by atoms with van der Waals surface area (Å²) in [4.78, 5) is 28.5. The zero-order chi connectivity index (χ0) is 31.4. The number of allylic oxidation sites excluding steroid dienone is 2. The molecule has 5 aliphatic carbocycles. The van der Waals surface area contributed by atoms with Crippen LogP contribution in [0.15, 0.2) is 46.9 Å². The number of carbonyl (C=O) groups excluding carboxylic acids is 2. The molecule has 43 heavy (non-hydrogen) atoms. The van der Waals surface area contributed by atoms with Crippen LogP contribution in [0.2, 0.25) is 0 Å². The monoisotopic (exact) mass is 603 g/mol. The first-order valence-electron chi connectivity index (χ1n) is 16.4. The van der Waals surface area contributed by atoms with Crippen LogP contribution in [-0.4, -0.2) is 25.7 Å². The van der Waals surface area contributed by atoms with Gasteiger partial charge in [-0.15, -0.1) is 0 Å². The summed E-state index contributed by atoms with van der Waals surface area (Å²) in [6.07, 6.45) is 8.52. The highest BCUT2D eigenvalue weighted by Gasteiger charge is 2.72. The van der Waals surface area contributed by atoms with Crippen molar-refractivity contribution in [1.29, 1.82) is 5.26 Å². The van der Waals surface area contributed by atoms with Gasteiger partial charge in [-0.05, 0) is 102 Å². The molecule has 6 rings (SSSR count). The predicted octanol–water partition coefficient (Wildman–Crippen LogP) is 7.76. The third kappa shape index (κ3) is 4.15. The number of benzene rings is 1. The van der Waals surface area contributed by atoms with Gasteiger partial charge in [0.2, 0.25) is 0 Å². The van der Waals surface area contributed by atoms with Crippen molar-refractivity contribution in [3.05, 3.63) is 42.0 Å². The van der Waals surface area contributed by atoms with Crippen LogP contribution in [0.3, 0.4) is 0 Å². The Morgan fingerprint density at radius 1 is 0.860 bits per heavy atom. The standard InChI is InChI=1S/C37H49NO4S/c1-32(2)15-17-37(23-43(41,42)25-11-9-8-10-12-25)18-16-36(7)30(26(37)21-32)27(39)19-29-34(5)20-24(22-38)31(40)33(3,4)28(34)13-14-35(29,36)6/h8-12,20,26,28-30H,13-19,21,23H2,1-7H3/t26-,28+,29-,30+,34+,35-,36-,37-/m1/s1. The second-order valence-electron chi connectivity index (χ2n) is 17.1. The summed E-state index contributed by atoms with van der Waals surface area (Å²) in [6, 6.07) is 11.0. The lowest BCUT2D eigenvalue weighted by Gasteiger charge is -2.72. The fraction of sp³-hybridized carbons (Fsp3) is 0.703. The summed E-state index contributed by atoms with van der Waals surface area (Å²) in [5, 5.41) is 9.98. The van der Waals surface area contributed by atoms with E-state index in [1.54, 1.807) is 24.3 Å². The van der Waals surface area contributed by atoms with Crippen LogP contribution >= 0.6 is 0 Å². The topological polar surface area (TPSA) is 92.1 Å². The van der Waals surface area contributed by atoms with Crippen LogP contribution in [-0.2, 0) is 19.4 Å². The lowest BCUT2D eigenvalue weighted by atomic mass is 9.31. The maximum absolute atomic E-state index is 14.8. The molecule has 0 bridgehead atoms. The molecule has 0 heterocycles. The quantitative estimate of drug-likeness (QED) is 0.352. The zero-order valence-corrected chi connectivity index (χ0v) is 27.9. The minimum atomic E-state index is -3.53. The molecule has 4 saturated carbocycles. The third-order valence-electron chi connectivity index (χ3n) is 14.2. The van der Waals surface area contributed by atoms with E-state index in [1.807, 2.05) is 26.0 Å². The van der Waals surface area contributed by atoms with Crippen molar-refractivity contribution in [2.45, 2.75) is 105 Å². The summed E-state index contributed by atoms with van der Waals surface area (Å²) < 4.78 is 27.8. The van der Waals surface area contributed by atoms with Crippen LogP contribution in [0.25, 0.3) is 0 Å². The maximum Gasteiger partial charge on any atom is 0.178 e. The number of fused-ring (bicyclic) bond motifs is 7. The van der Waals surface area contributed by atoms with E-state index >= 15 is 0 Å². The Hall–Kier alpha value is -2.26. The molecule has 1 aromatic carbocycles. The molecular formula is C37H49NO4S. The van der Waals surface area contributed by atoms with Gasteiger partial charge >= 0.3 is 0 Å². The van der Waals surface area contributed by atoms with Gasteiger partial charge in [-0.3, -0.25) is 9.59 Å². The van der Waals surface area contributed by atoms with Crippen LogP contribution in [0.5, 0.6) is 0 Å². The molecule has 6 heteroatoms. The van der Waals surface area contributed by atoms with Gasteiger partial charge in [-0.2, -0.15) is 5.26 Å². The second kappa shape index (κ2) is 9.38. The molecule has 232 valence electrons. The Morgan fingerprint density at radius 2 is 1.51 bits per heavy atom. The number of sulfone groups is 1. The number of carbonyl (C=O) groups is 2. The Balaban J connectivity index is 1.45. The van der Waals surface area contributed by atoms with Gasteiger partial charge in [0.25, 0.3) is 0 Å². The SMILES string of the molecule is CC1(C)CC[C@]2(CS(=O)(=O)c3ccccc3)CC[C@]3(C)[C@H](C(=O)C[C@@H]4[C@@]5(C)C=C(C#N)C(=O)C(C)(C)[C@@H]5CC[C@]43C)[C@H]2C1. The molecule has 0 amide bonds. The molecule has 8 atom stereocenters. The van der Waals surface area contributed by atoms with Gasteiger partial charge < -0.3 is 0 Å². The van der Waals surface area contributed by atoms with E-state index in [2.05, 4.69) is 40.7 Å². The van der Waals surface area contributed by atoms with Crippen molar-refractivity contribution >= 4 is 21.4 Å². The Kier molecular flexibility index (Phi) is 6.71. The minimum absolute atomic E-state index is 0.0128. The van der Waals surface area contributed by atoms with Crippen LogP contribution in [0.4, 0.5) is 0 Å². The number of ketones is 2. The Morgan fingerprint density at radius 3 is 2.16 bits per heavy atom. The molecule has 0 saturated heterocycles. The van der Waals surface area contributed by atoms with Crippen molar-refractivity contribution < 1.29 is 18.0 Å². The van der Waals surface area contributed by atoms with Gasteiger partial charge in [0.05, 0.1) is 16.2 Å². The molecule has 1 aromatic rings. The van der Waals surface area contributed by atoms with Crippen LogP contribution in [0, 0.1) is 67.5 Å². The average Bonchev–Trinajstić information content (AvgIpc) is 2.93. The van der Waals surface area contributed by atoms with Gasteiger partial charge in [0.1, 0.15) is 11.9 Å². The van der Waals surface area contributed by atoms with E-state index in [0.717, 1.165) is 44.9 Å². The largest absolute Gasteiger partial charge is 0.299 e. The molecule has 4 fully saturated rings. The van der Waals surface area contributed by atoms with Gasteiger partial charge in [-0.1, -0.05) is 72.7 Å². The van der Waals surface area contributed by atoms with Crippen molar-refractivity contribution in [2.24, 2.45) is 56.2 Å². The highest BCUT2D eigenvalue weighted by Crippen LogP contribution is 2.76. The van der Waals surface area contributed by atoms with Crippen LogP contribution in [0.1, 0.15) is 99.8 Å². The molecular weight excluding hydrogens is 554 g/mol. The van der Waals surface area contributed by atoms with Crippen molar-refractivity contribution in [1.82, 2.24) is 0 Å². The summed E-state index contributed by atoms with van der Waals surface area (Å²) >= 11 is 0. The van der Waals surface area contributed by atoms with Gasteiger partial charge in [0.15, 0.2) is 15.6 Å². The Labute approximate surface area is 258 Å². The number of nitrogens with zero attached hydrogens (tertiary/aromatic N) is 1. The van der Waals surface area contributed by atoms with Crippen molar-refractivity contribution in [2.75, 3.05) is 5.75 Å². The first-order valence-corrected chi connectivity index (χ1v) is 18.0. The molecule has 0 unspecified atom stereocenters. The first kappa shape index (κ1) is 30.8. The molecule has 0 aromatic heterocycles. The average molecular weight is 604 g/mol. The zero-order valence-electron chi connectivity index (χ0n) is 27.1. The molecule has 0 N–H and O–H groups in total. The highest BCUT2D eigenvalue weighted by atomic mass is 32.2. The lowest BCUT2D eigenvalue weighted by Crippen LogP contribution is -2.69. The van der Waals surface area contributed by atoms with Crippen molar-refractivity contribution in [3.8, 4) is 6.07 Å². The minimum Gasteiger partial charge on any atom is -0.299 e. The van der Waals surface area contributed by atoms with Gasteiger partial charge in [0, 0.05) is 17.8 Å². The van der Waals surface area contributed by atoms with E-state index in [4.69, 9.17) is 0 Å². The molecule has 0 spiro atoms. The van der Waals surface area contributed by atoms with E-state index < -0.39 is 26.1 Å². The number of rotatable bonds is 3. The third-order valence-corrected chi connectivity index (χ3v) is 16.2. The number of hydrogen-bond acceptors (Lipinski definition) is 5. The molecule has 5 aliphatic rings. The summed E-state index contributed by atoms with van der Waals surface area (Å²) in [5.74, 6) is 0.235. The summed E-state index contributed by atoms with van der Waals surface area (Å²) in [7, 11) is -3.53. The highest BCUT2D eigenvalue weighted by molar-refractivity contribution is 7.91. The fourth-order valence-corrected chi connectivity index (χ4v) is 13.8. The van der Waals surface area contributed by atoms with E-state index in [9.17, 15) is 23.3 Å². The number of Topliss-reactive ketones (excluding diaryl/α,β-unsaturated/α-hetero) is 2. The lowest BCUT2D eigenvalue weighted by molar-refractivity contribution is -0.220. The van der Waals surface area contributed by atoms with E-state index in [1.165, 1.54) is 0 Å². The number of hydrogen-bond donors (Lipinski definition) is 0. The number of nitriles is 1. The van der Waals surface area contributed by atoms with E-state index in [-0.39, 0.29) is 62.8 Å². The van der Waals surface area contributed by atoms with Gasteiger partial charge in [-0.25, -0.2) is 8.42 Å². The molecule has 0 radical (unpaired) electrons. The van der Waals surface area contributed by atoms with Crippen molar-refractivity contribution in [3.63, 3.8) is 0 Å². The maximum atomic E-state index is 14.8. The summed E-state index contributed by atoms with van der Waals surface area (Å²) in [5.41, 5.74) is -1.67. The second-order valence-corrected chi connectivity index (χ2v) is 19.1. The fourth-order valence-electron chi connectivity index (χ4n) is 11.8. The Bertz CT molecular complexity index is 1550. The van der Waals surface area contributed by atoms with E-state index in [0.29, 0.717) is 11.3 Å². The molecule has 0 aliphatic heterocycles. The normalized spacial score (nSPS) is 43.3. The molecule has 5 nitrogen and oxygen atoms in total. The van der Waals surface area contributed by atoms with Crippen LogP contribution < -0.4 is 0 Å². The predicted molar refractivity (Wildman–Crippen MR) is 167 cm³/mol. The smallest absolute Gasteiger partial charge is 0.178 e. The summed E-state index contributed by atoms with van der Waals surface area (Å²) in [6.45, 7) is 15.5. The first-order chi connectivity index (χ1) is 19.9.